The van der Waals surface area contributed by atoms with Crippen molar-refractivity contribution in [1.29, 1.82) is 0 Å². The fraction of sp³-hybridized carbons (Fsp3) is 0.132. The van der Waals surface area contributed by atoms with E-state index in [1.54, 1.807) is 0 Å². The van der Waals surface area contributed by atoms with Crippen LogP contribution in [0.15, 0.2) is 121 Å². The van der Waals surface area contributed by atoms with Gasteiger partial charge in [0.2, 0.25) is 0 Å². The Balaban J connectivity index is 1.33. The summed E-state index contributed by atoms with van der Waals surface area (Å²) in [7, 11) is 0. The Morgan fingerprint density at radius 3 is 1.21 bits per heavy atom. The zero-order valence-electron chi connectivity index (χ0n) is 24.3. The predicted molar refractivity (Wildman–Crippen MR) is 172 cm³/mol. The summed E-state index contributed by atoms with van der Waals surface area (Å²) < 4.78 is 0. The van der Waals surface area contributed by atoms with Crippen molar-refractivity contribution >= 4 is 17.1 Å². The van der Waals surface area contributed by atoms with E-state index in [4.69, 9.17) is 15.0 Å². The number of nitrogens with zero attached hydrogens (tertiary/aromatic N) is 4. The summed E-state index contributed by atoms with van der Waals surface area (Å²) in [6.07, 6.45) is 0. The Labute approximate surface area is 247 Å². The van der Waals surface area contributed by atoms with Gasteiger partial charge in [0.05, 0.1) is 11.4 Å². The number of aryl methyl sites for hydroxylation is 2. The fourth-order valence-electron chi connectivity index (χ4n) is 5.88. The predicted octanol–water partition coefficient (Wildman–Crippen LogP) is 9.60. The topological polar surface area (TPSA) is 41.9 Å². The van der Waals surface area contributed by atoms with E-state index in [0.717, 1.165) is 22.4 Å². The Morgan fingerprint density at radius 1 is 0.452 bits per heavy atom. The molecule has 5 aromatic carbocycles. The van der Waals surface area contributed by atoms with Crippen LogP contribution >= 0.6 is 0 Å². The van der Waals surface area contributed by atoms with Gasteiger partial charge in [-0.05, 0) is 61.4 Å². The summed E-state index contributed by atoms with van der Waals surface area (Å²) in [6.45, 7) is 8.79. The van der Waals surface area contributed by atoms with Crippen LogP contribution in [0.3, 0.4) is 0 Å². The van der Waals surface area contributed by atoms with Gasteiger partial charge in [-0.3, -0.25) is 0 Å². The van der Waals surface area contributed by atoms with Gasteiger partial charge in [0.1, 0.15) is 0 Å². The van der Waals surface area contributed by atoms with Gasteiger partial charge in [-0.1, -0.05) is 110 Å². The van der Waals surface area contributed by atoms with Crippen LogP contribution < -0.4 is 4.90 Å². The number of hydrogen-bond acceptors (Lipinski definition) is 4. The third-order valence-corrected chi connectivity index (χ3v) is 8.28. The van der Waals surface area contributed by atoms with Crippen LogP contribution in [0.1, 0.15) is 36.1 Å². The molecule has 0 fully saturated rings. The van der Waals surface area contributed by atoms with Crippen LogP contribution in [0.5, 0.6) is 0 Å². The van der Waals surface area contributed by atoms with Crippen LogP contribution in [0, 0.1) is 13.8 Å². The third kappa shape index (κ3) is 4.46. The average molecular weight is 545 g/mol. The van der Waals surface area contributed by atoms with Gasteiger partial charge in [-0.2, -0.15) is 0 Å². The molecular weight excluding hydrogens is 512 g/mol. The van der Waals surface area contributed by atoms with Gasteiger partial charge in [0.25, 0.3) is 0 Å². The van der Waals surface area contributed by atoms with E-state index in [-0.39, 0.29) is 5.41 Å². The van der Waals surface area contributed by atoms with Gasteiger partial charge in [-0.15, -0.1) is 0 Å². The van der Waals surface area contributed by atoms with E-state index < -0.39 is 0 Å². The van der Waals surface area contributed by atoms with Crippen molar-refractivity contribution in [3.8, 4) is 34.2 Å². The summed E-state index contributed by atoms with van der Waals surface area (Å²) in [6, 6.07) is 42.7. The smallest absolute Gasteiger partial charge is 0.164 e. The molecule has 204 valence electrons. The first kappa shape index (κ1) is 25.8. The highest BCUT2D eigenvalue weighted by Crippen LogP contribution is 2.51. The van der Waals surface area contributed by atoms with E-state index in [1.807, 2.05) is 0 Å². The zero-order chi connectivity index (χ0) is 28.8. The molecule has 4 nitrogen and oxygen atoms in total. The molecule has 6 aromatic rings. The molecular formula is C38H32N4. The molecule has 4 heteroatoms. The molecule has 42 heavy (non-hydrogen) atoms. The molecule has 0 radical (unpaired) electrons. The SMILES string of the molecule is Cc1ccc(-c2nc(-c3ccc(C)cc3)nc(-c3ccc(N4c5ccccc5C(C)(C)c5ccccc54)cc3)n2)cc1. The Morgan fingerprint density at radius 2 is 0.810 bits per heavy atom. The molecule has 1 aliphatic rings. The summed E-state index contributed by atoms with van der Waals surface area (Å²) in [5, 5.41) is 0. The maximum absolute atomic E-state index is 4.94. The minimum absolute atomic E-state index is 0.0900. The first-order valence-electron chi connectivity index (χ1n) is 14.4. The van der Waals surface area contributed by atoms with Crippen molar-refractivity contribution in [1.82, 2.24) is 15.0 Å². The second-order valence-corrected chi connectivity index (χ2v) is 11.6. The van der Waals surface area contributed by atoms with Crippen molar-refractivity contribution in [3.05, 3.63) is 144 Å². The number of fused-ring (bicyclic) bond motifs is 2. The monoisotopic (exact) mass is 544 g/mol. The number of anilines is 3. The van der Waals surface area contributed by atoms with Crippen LogP contribution in [-0.4, -0.2) is 15.0 Å². The molecule has 0 saturated carbocycles. The van der Waals surface area contributed by atoms with Crippen LogP contribution in [0.2, 0.25) is 0 Å². The van der Waals surface area contributed by atoms with Crippen molar-refractivity contribution in [2.45, 2.75) is 33.1 Å². The second-order valence-electron chi connectivity index (χ2n) is 11.6. The molecule has 2 heterocycles. The van der Waals surface area contributed by atoms with Crippen molar-refractivity contribution in [3.63, 3.8) is 0 Å². The lowest BCUT2D eigenvalue weighted by Crippen LogP contribution is -2.30. The number of aromatic nitrogens is 3. The van der Waals surface area contributed by atoms with E-state index >= 15 is 0 Å². The third-order valence-electron chi connectivity index (χ3n) is 8.28. The lowest BCUT2D eigenvalue weighted by molar-refractivity contribution is 0.632. The highest BCUT2D eigenvalue weighted by molar-refractivity contribution is 5.86. The van der Waals surface area contributed by atoms with Crippen LogP contribution in [0.4, 0.5) is 17.1 Å². The molecule has 0 atom stereocenters. The molecule has 0 spiro atoms. The summed E-state index contributed by atoms with van der Waals surface area (Å²) >= 11 is 0. The standard InChI is InChI=1S/C38H32N4/c1-25-13-17-27(18-14-25)35-39-36(28-19-15-26(2)16-20-28)41-37(40-35)29-21-23-30(24-22-29)42-33-11-7-5-9-31(33)38(3,4)32-10-6-8-12-34(32)42/h5-24H,1-4H3. The molecule has 0 amide bonds. The van der Waals surface area contributed by atoms with E-state index in [2.05, 4.69) is 154 Å². The van der Waals surface area contributed by atoms with Crippen LogP contribution in [-0.2, 0) is 5.41 Å². The minimum Gasteiger partial charge on any atom is -0.310 e. The first-order valence-corrected chi connectivity index (χ1v) is 14.4. The summed E-state index contributed by atoms with van der Waals surface area (Å²) in [5.41, 5.74) is 11.3. The van der Waals surface area contributed by atoms with Crippen molar-refractivity contribution in [2.75, 3.05) is 4.90 Å². The van der Waals surface area contributed by atoms with Gasteiger partial charge in [0.15, 0.2) is 17.5 Å². The highest BCUT2D eigenvalue weighted by Gasteiger charge is 2.36. The number of rotatable bonds is 4. The number of para-hydroxylation sites is 2. The Bertz CT molecular complexity index is 1790. The maximum atomic E-state index is 4.94. The van der Waals surface area contributed by atoms with Gasteiger partial charge in [-0.25, -0.2) is 15.0 Å². The van der Waals surface area contributed by atoms with Gasteiger partial charge in [0, 0.05) is 27.8 Å². The quantitative estimate of drug-likeness (QED) is 0.222. The van der Waals surface area contributed by atoms with Gasteiger partial charge < -0.3 is 4.90 Å². The fourth-order valence-corrected chi connectivity index (χ4v) is 5.88. The Kier molecular flexibility index (Phi) is 6.20. The molecule has 0 aliphatic carbocycles. The van der Waals surface area contributed by atoms with E-state index in [0.29, 0.717) is 17.5 Å². The number of benzene rings is 5. The van der Waals surface area contributed by atoms with Gasteiger partial charge >= 0.3 is 0 Å². The first-order chi connectivity index (χ1) is 20.4. The molecule has 0 saturated heterocycles. The molecule has 1 aliphatic heterocycles. The Hall–Kier alpha value is -5.09. The summed E-state index contributed by atoms with van der Waals surface area (Å²) in [4.78, 5) is 17.1. The maximum Gasteiger partial charge on any atom is 0.164 e. The second kappa shape index (κ2) is 10.1. The molecule has 0 N–H and O–H groups in total. The normalized spacial score (nSPS) is 13.4. The van der Waals surface area contributed by atoms with E-state index in [1.165, 1.54) is 33.6 Å². The molecule has 7 rings (SSSR count). The lowest BCUT2D eigenvalue weighted by Gasteiger charge is -2.42. The highest BCUT2D eigenvalue weighted by atomic mass is 15.2. The van der Waals surface area contributed by atoms with Crippen molar-refractivity contribution in [2.24, 2.45) is 0 Å². The minimum atomic E-state index is -0.0900. The van der Waals surface area contributed by atoms with Crippen molar-refractivity contribution < 1.29 is 0 Å². The van der Waals surface area contributed by atoms with E-state index in [9.17, 15) is 0 Å². The number of hydrogen-bond donors (Lipinski definition) is 0. The lowest BCUT2D eigenvalue weighted by atomic mass is 9.73. The molecule has 0 unspecified atom stereocenters. The van der Waals surface area contributed by atoms with Crippen LogP contribution in [0.25, 0.3) is 34.2 Å². The largest absolute Gasteiger partial charge is 0.310 e. The average Bonchev–Trinajstić information content (AvgIpc) is 3.02. The summed E-state index contributed by atoms with van der Waals surface area (Å²) in [5.74, 6) is 1.99. The zero-order valence-corrected chi connectivity index (χ0v) is 24.3. The molecule has 0 bridgehead atoms. The molecule has 1 aromatic heterocycles.